The summed E-state index contributed by atoms with van der Waals surface area (Å²) in [7, 11) is 0. The Morgan fingerprint density at radius 2 is 1.69 bits per heavy atom. The first kappa shape index (κ1) is 17.0. The molecule has 0 atom stereocenters. The molecule has 0 aliphatic heterocycles. The zero-order valence-electron chi connectivity index (χ0n) is 13.5. The summed E-state index contributed by atoms with van der Waals surface area (Å²) in [4.78, 5) is 20.7. The lowest BCUT2D eigenvalue weighted by Crippen LogP contribution is -1.95. The zero-order chi connectivity index (χ0) is 18.8. The van der Waals surface area contributed by atoms with E-state index in [1.54, 1.807) is 18.2 Å². The van der Waals surface area contributed by atoms with E-state index in [-0.39, 0.29) is 22.7 Å². The second kappa shape index (κ2) is 6.55. The van der Waals surface area contributed by atoms with Crippen LogP contribution in [0.25, 0.3) is 10.8 Å². The van der Waals surface area contributed by atoms with Gasteiger partial charge >= 0.3 is 0 Å². The predicted octanol–water partition coefficient (Wildman–Crippen LogP) is 5.09. The normalized spacial score (nSPS) is 11.1. The minimum Gasteiger partial charge on any atom is -0.506 e. The molecule has 0 heterocycles. The fraction of sp³-hybridized carbons (Fsp3) is 0.0588. The summed E-state index contributed by atoms with van der Waals surface area (Å²) in [6, 6.07) is 12.3. The summed E-state index contributed by atoms with van der Waals surface area (Å²) in [6.07, 6.45) is 0. The van der Waals surface area contributed by atoms with Crippen LogP contribution < -0.4 is 0 Å². The zero-order valence-corrected chi connectivity index (χ0v) is 13.5. The van der Waals surface area contributed by atoms with Crippen molar-refractivity contribution in [2.24, 2.45) is 10.2 Å². The Kier molecular flexibility index (Phi) is 4.27. The largest absolute Gasteiger partial charge is 0.506 e. The SMILES string of the molecule is Cc1c(N=Nc2c(O)ccc3ccccc23)cc([N+](=O)[O-])cc1[N+](=O)[O-]. The van der Waals surface area contributed by atoms with Crippen molar-refractivity contribution in [1.29, 1.82) is 0 Å². The Balaban J connectivity index is 2.16. The lowest BCUT2D eigenvalue weighted by Gasteiger charge is -2.04. The van der Waals surface area contributed by atoms with Gasteiger partial charge in [-0.2, -0.15) is 0 Å². The molecule has 0 saturated heterocycles. The quantitative estimate of drug-likeness (QED) is 0.397. The molecular weight excluding hydrogens is 340 g/mol. The van der Waals surface area contributed by atoms with Crippen molar-refractivity contribution in [3.05, 3.63) is 74.3 Å². The maximum absolute atomic E-state index is 11.1. The molecule has 0 amide bonds. The number of non-ortho nitro benzene ring substituents is 1. The van der Waals surface area contributed by atoms with Gasteiger partial charge in [-0.1, -0.05) is 30.3 Å². The van der Waals surface area contributed by atoms with Crippen molar-refractivity contribution in [2.45, 2.75) is 6.92 Å². The number of rotatable bonds is 4. The maximum atomic E-state index is 11.1. The molecule has 3 aromatic rings. The molecule has 0 aliphatic rings. The predicted molar refractivity (Wildman–Crippen MR) is 94.3 cm³/mol. The number of nitrogens with zero attached hydrogens (tertiary/aromatic N) is 4. The molecule has 0 spiro atoms. The molecule has 1 N–H and O–H groups in total. The van der Waals surface area contributed by atoms with Gasteiger partial charge in [0.1, 0.15) is 17.1 Å². The first-order chi connectivity index (χ1) is 12.4. The van der Waals surface area contributed by atoms with Crippen LogP contribution in [0, 0.1) is 27.2 Å². The molecule has 0 saturated carbocycles. The number of phenolic OH excluding ortho intramolecular Hbond substituents is 1. The second-order valence-corrected chi connectivity index (χ2v) is 5.48. The van der Waals surface area contributed by atoms with Gasteiger partial charge in [0, 0.05) is 11.5 Å². The summed E-state index contributed by atoms with van der Waals surface area (Å²) in [5.41, 5.74) is -0.576. The Hall–Kier alpha value is -3.88. The van der Waals surface area contributed by atoms with Crippen LogP contribution in [-0.2, 0) is 0 Å². The lowest BCUT2D eigenvalue weighted by molar-refractivity contribution is -0.394. The van der Waals surface area contributed by atoms with Crippen LogP contribution in [0.15, 0.2) is 58.8 Å². The van der Waals surface area contributed by atoms with E-state index in [9.17, 15) is 25.3 Å². The molecule has 0 radical (unpaired) electrons. The van der Waals surface area contributed by atoms with Crippen molar-refractivity contribution in [3.8, 4) is 5.75 Å². The highest BCUT2D eigenvalue weighted by atomic mass is 16.6. The van der Waals surface area contributed by atoms with E-state index in [0.717, 1.165) is 17.5 Å². The molecule has 130 valence electrons. The minimum absolute atomic E-state index is 0.0155. The van der Waals surface area contributed by atoms with Crippen molar-refractivity contribution in [1.82, 2.24) is 0 Å². The molecule has 9 nitrogen and oxygen atoms in total. The van der Waals surface area contributed by atoms with Crippen LogP contribution in [0.3, 0.4) is 0 Å². The number of nitro benzene ring substituents is 2. The summed E-state index contributed by atoms with van der Waals surface area (Å²) in [5.74, 6) is -0.120. The number of azo groups is 1. The van der Waals surface area contributed by atoms with Gasteiger partial charge in [-0.3, -0.25) is 20.2 Å². The highest BCUT2D eigenvalue weighted by Gasteiger charge is 2.21. The monoisotopic (exact) mass is 352 g/mol. The third-order valence-electron chi connectivity index (χ3n) is 3.88. The van der Waals surface area contributed by atoms with E-state index < -0.39 is 21.2 Å². The van der Waals surface area contributed by atoms with Gasteiger partial charge < -0.3 is 5.11 Å². The number of fused-ring (bicyclic) bond motifs is 1. The molecule has 3 aromatic carbocycles. The number of phenols is 1. The second-order valence-electron chi connectivity index (χ2n) is 5.48. The van der Waals surface area contributed by atoms with Crippen LogP contribution in [-0.4, -0.2) is 15.0 Å². The van der Waals surface area contributed by atoms with Gasteiger partial charge in [-0.15, -0.1) is 10.2 Å². The van der Waals surface area contributed by atoms with Crippen molar-refractivity contribution in [3.63, 3.8) is 0 Å². The van der Waals surface area contributed by atoms with Gasteiger partial charge in [-0.25, -0.2) is 0 Å². The topological polar surface area (TPSA) is 131 Å². The number of benzene rings is 3. The van der Waals surface area contributed by atoms with Gasteiger partial charge in [0.05, 0.1) is 21.5 Å². The van der Waals surface area contributed by atoms with Gasteiger partial charge in [0.25, 0.3) is 11.4 Å². The highest BCUT2D eigenvalue weighted by Crippen LogP contribution is 2.38. The highest BCUT2D eigenvalue weighted by molar-refractivity contribution is 5.95. The Morgan fingerprint density at radius 3 is 2.38 bits per heavy atom. The summed E-state index contributed by atoms with van der Waals surface area (Å²) < 4.78 is 0. The number of nitro groups is 2. The third kappa shape index (κ3) is 3.05. The van der Waals surface area contributed by atoms with Crippen molar-refractivity contribution < 1.29 is 15.0 Å². The molecule has 0 unspecified atom stereocenters. The average Bonchev–Trinajstić information content (AvgIpc) is 2.61. The average molecular weight is 352 g/mol. The fourth-order valence-corrected chi connectivity index (χ4v) is 2.52. The van der Waals surface area contributed by atoms with Crippen molar-refractivity contribution >= 4 is 33.5 Å². The van der Waals surface area contributed by atoms with E-state index in [2.05, 4.69) is 10.2 Å². The van der Waals surface area contributed by atoms with E-state index in [1.165, 1.54) is 13.0 Å². The van der Waals surface area contributed by atoms with E-state index in [4.69, 9.17) is 0 Å². The summed E-state index contributed by atoms with van der Waals surface area (Å²) in [6.45, 7) is 1.43. The van der Waals surface area contributed by atoms with Crippen LogP contribution in [0.2, 0.25) is 0 Å². The van der Waals surface area contributed by atoms with E-state index in [0.29, 0.717) is 5.39 Å². The van der Waals surface area contributed by atoms with Gasteiger partial charge in [-0.05, 0) is 18.4 Å². The first-order valence-corrected chi connectivity index (χ1v) is 7.44. The maximum Gasteiger partial charge on any atom is 0.281 e. The first-order valence-electron chi connectivity index (χ1n) is 7.44. The van der Waals surface area contributed by atoms with Crippen LogP contribution in [0.5, 0.6) is 5.75 Å². The smallest absolute Gasteiger partial charge is 0.281 e. The van der Waals surface area contributed by atoms with Crippen molar-refractivity contribution in [2.75, 3.05) is 0 Å². The van der Waals surface area contributed by atoms with E-state index in [1.807, 2.05) is 12.1 Å². The number of aromatic hydroxyl groups is 1. The fourth-order valence-electron chi connectivity index (χ4n) is 2.52. The van der Waals surface area contributed by atoms with Crippen LogP contribution in [0.1, 0.15) is 5.56 Å². The summed E-state index contributed by atoms with van der Waals surface area (Å²) >= 11 is 0. The minimum atomic E-state index is -0.735. The summed E-state index contributed by atoms with van der Waals surface area (Å²) in [5, 5.41) is 41.6. The number of hydrogen-bond acceptors (Lipinski definition) is 7. The van der Waals surface area contributed by atoms with Crippen LogP contribution >= 0.6 is 0 Å². The third-order valence-corrected chi connectivity index (χ3v) is 3.88. The molecule has 0 fully saturated rings. The lowest BCUT2D eigenvalue weighted by atomic mass is 10.1. The molecule has 0 bridgehead atoms. The van der Waals surface area contributed by atoms with E-state index >= 15 is 0 Å². The van der Waals surface area contributed by atoms with Crippen LogP contribution in [0.4, 0.5) is 22.7 Å². The Bertz CT molecular complexity index is 1080. The Labute approximate surface area is 146 Å². The van der Waals surface area contributed by atoms with Gasteiger partial charge in [0.2, 0.25) is 0 Å². The molecule has 3 rings (SSSR count). The Morgan fingerprint density at radius 1 is 0.962 bits per heavy atom. The number of hydrogen-bond donors (Lipinski definition) is 1. The standard InChI is InChI=1S/C17H12N4O5/c1-10-14(8-12(20(23)24)9-15(10)21(25)26)18-19-17-13-5-3-2-4-11(13)6-7-16(17)22/h2-9,22H,1H3. The molecule has 0 aliphatic carbocycles. The molecule has 0 aromatic heterocycles. The molecule has 9 heteroatoms. The molecular formula is C17H12N4O5. The molecule has 26 heavy (non-hydrogen) atoms. The van der Waals surface area contributed by atoms with Gasteiger partial charge in [0.15, 0.2) is 0 Å².